The first kappa shape index (κ1) is 15.9. The lowest BCUT2D eigenvalue weighted by atomic mass is 9.76. The van der Waals surface area contributed by atoms with Crippen LogP contribution in [0.15, 0.2) is 30.5 Å². The van der Waals surface area contributed by atoms with Gasteiger partial charge in [-0.3, -0.25) is 9.59 Å². The predicted octanol–water partition coefficient (Wildman–Crippen LogP) is 2.65. The van der Waals surface area contributed by atoms with Gasteiger partial charge in [-0.2, -0.15) is 0 Å². The molecule has 5 nitrogen and oxygen atoms in total. The third-order valence-corrected chi connectivity index (χ3v) is 6.60. The zero-order chi connectivity index (χ0) is 17.8. The highest BCUT2D eigenvalue weighted by Crippen LogP contribution is 2.38. The molecule has 136 valence electrons. The van der Waals surface area contributed by atoms with E-state index in [4.69, 9.17) is 0 Å². The molecule has 1 aromatic carbocycles. The number of carbonyl (C=O) groups excluding carboxylic acids is 2. The van der Waals surface area contributed by atoms with Gasteiger partial charge < -0.3 is 14.4 Å². The van der Waals surface area contributed by atoms with E-state index in [1.54, 1.807) is 0 Å². The minimum atomic E-state index is 0.140. The molecule has 0 aliphatic carbocycles. The number of fused-ring (bicyclic) bond motifs is 5. The summed E-state index contributed by atoms with van der Waals surface area (Å²) in [5, 5.41) is 1.11. The average molecular weight is 351 g/mol. The number of likely N-dealkylation sites (tertiary alicyclic amines) is 1. The van der Waals surface area contributed by atoms with Crippen molar-refractivity contribution in [2.45, 2.75) is 31.7 Å². The van der Waals surface area contributed by atoms with Crippen LogP contribution in [0.4, 0.5) is 0 Å². The maximum absolute atomic E-state index is 13.1. The Bertz CT molecular complexity index is 887. The van der Waals surface area contributed by atoms with Crippen LogP contribution in [0.5, 0.6) is 0 Å². The molecule has 3 atom stereocenters. The molecule has 3 aliphatic rings. The topological polar surface area (TPSA) is 45.6 Å². The van der Waals surface area contributed by atoms with Crippen LogP contribution in [0.25, 0.3) is 10.9 Å². The van der Waals surface area contributed by atoms with Crippen LogP contribution >= 0.6 is 0 Å². The normalized spacial score (nSPS) is 28.3. The van der Waals surface area contributed by atoms with Crippen LogP contribution in [0, 0.1) is 11.8 Å². The summed E-state index contributed by atoms with van der Waals surface area (Å²) < 4.78 is 2.07. The fraction of sp³-hybridized carbons (Fsp3) is 0.524. The summed E-state index contributed by atoms with van der Waals surface area (Å²) in [7, 11) is 2.02. The van der Waals surface area contributed by atoms with Crippen LogP contribution in [-0.2, 0) is 11.8 Å². The Hall–Kier alpha value is -2.30. The van der Waals surface area contributed by atoms with Crippen LogP contribution in [-0.4, -0.2) is 51.9 Å². The van der Waals surface area contributed by atoms with Crippen molar-refractivity contribution >= 4 is 22.7 Å². The SMILES string of the molecule is Cn1ccc2cc(C(=O)N3C[C@H]4C[C@@H](C3)[C@@H]3CCCC(=O)N3C4)ccc21. The average Bonchev–Trinajstić information content (AvgIpc) is 3.02. The molecular weight excluding hydrogens is 326 g/mol. The zero-order valence-corrected chi connectivity index (χ0v) is 15.2. The van der Waals surface area contributed by atoms with Crippen LogP contribution in [0.3, 0.4) is 0 Å². The first-order valence-corrected chi connectivity index (χ1v) is 9.74. The van der Waals surface area contributed by atoms with Gasteiger partial charge in [-0.15, -0.1) is 0 Å². The molecular formula is C21H25N3O2. The maximum Gasteiger partial charge on any atom is 0.253 e. The van der Waals surface area contributed by atoms with E-state index in [1.165, 1.54) is 0 Å². The Kier molecular flexibility index (Phi) is 3.59. The Morgan fingerprint density at radius 2 is 2.04 bits per heavy atom. The third kappa shape index (κ3) is 2.44. The first-order valence-electron chi connectivity index (χ1n) is 9.74. The van der Waals surface area contributed by atoms with E-state index >= 15 is 0 Å². The van der Waals surface area contributed by atoms with Gasteiger partial charge in [-0.25, -0.2) is 0 Å². The minimum absolute atomic E-state index is 0.140. The van der Waals surface area contributed by atoms with Gasteiger partial charge >= 0.3 is 0 Å². The molecule has 0 N–H and O–H groups in total. The van der Waals surface area contributed by atoms with E-state index in [0.29, 0.717) is 30.2 Å². The lowest BCUT2D eigenvalue weighted by Crippen LogP contribution is -2.61. The van der Waals surface area contributed by atoms with Crippen molar-refractivity contribution < 1.29 is 9.59 Å². The smallest absolute Gasteiger partial charge is 0.253 e. The van der Waals surface area contributed by atoms with Crippen LogP contribution in [0.2, 0.25) is 0 Å². The highest BCUT2D eigenvalue weighted by atomic mass is 16.2. The lowest BCUT2D eigenvalue weighted by Gasteiger charge is -2.52. The second kappa shape index (κ2) is 5.86. The molecule has 1 aromatic heterocycles. The molecule has 0 radical (unpaired) electrons. The van der Waals surface area contributed by atoms with Crippen molar-refractivity contribution in [2.75, 3.05) is 19.6 Å². The number of benzene rings is 1. The number of piperidine rings is 3. The van der Waals surface area contributed by atoms with Crippen molar-refractivity contribution in [3.05, 3.63) is 36.0 Å². The number of aromatic nitrogens is 1. The van der Waals surface area contributed by atoms with E-state index < -0.39 is 0 Å². The largest absolute Gasteiger partial charge is 0.351 e. The van der Waals surface area contributed by atoms with Gasteiger partial charge in [0.1, 0.15) is 0 Å². The van der Waals surface area contributed by atoms with Crippen molar-refractivity contribution in [2.24, 2.45) is 18.9 Å². The van der Waals surface area contributed by atoms with Gasteiger partial charge in [0, 0.05) is 61.8 Å². The standard InChI is InChI=1S/C21H25N3O2/c1-22-8-7-15-10-16(5-6-18(15)22)21(26)23-11-14-9-17(13-23)19-3-2-4-20(25)24(19)12-14/h5-8,10,14,17,19H,2-4,9,11-13H2,1H3/t14-,17+,19+/m1/s1. The Morgan fingerprint density at radius 1 is 1.15 bits per heavy atom. The molecule has 3 fully saturated rings. The zero-order valence-electron chi connectivity index (χ0n) is 15.2. The fourth-order valence-electron chi connectivity index (χ4n) is 5.37. The van der Waals surface area contributed by atoms with E-state index in [9.17, 15) is 9.59 Å². The Morgan fingerprint density at radius 3 is 2.92 bits per heavy atom. The fourth-order valence-corrected chi connectivity index (χ4v) is 5.37. The van der Waals surface area contributed by atoms with Crippen LogP contribution < -0.4 is 0 Å². The van der Waals surface area contributed by atoms with Crippen LogP contribution in [0.1, 0.15) is 36.0 Å². The molecule has 4 heterocycles. The molecule has 5 rings (SSSR count). The Balaban J connectivity index is 1.39. The summed E-state index contributed by atoms with van der Waals surface area (Å²) in [6.07, 6.45) is 5.99. The van der Waals surface area contributed by atoms with E-state index in [1.807, 2.05) is 36.3 Å². The number of nitrogens with zero attached hydrogens (tertiary/aromatic N) is 3. The second-order valence-electron chi connectivity index (χ2n) is 8.28. The van der Waals surface area contributed by atoms with E-state index in [0.717, 1.165) is 55.4 Å². The van der Waals surface area contributed by atoms with Crippen molar-refractivity contribution in [3.8, 4) is 0 Å². The second-order valence-corrected chi connectivity index (χ2v) is 8.28. The van der Waals surface area contributed by atoms with Gasteiger partial charge in [-0.05, 0) is 55.4 Å². The van der Waals surface area contributed by atoms with Crippen molar-refractivity contribution in [1.29, 1.82) is 0 Å². The van der Waals surface area contributed by atoms with Gasteiger partial charge in [0.25, 0.3) is 5.91 Å². The van der Waals surface area contributed by atoms with Gasteiger partial charge in [0.15, 0.2) is 0 Å². The maximum atomic E-state index is 13.1. The molecule has 2 amide bonds. The van der Waals surface area contributed by atoms with Gasteiger partial charge in [0.2, 0.25) is 5.91 Å². The summed E-state index contributed by atoms with van der Waals surface area (Å²) >= 11 is 0. The molecule has 26 heavy (non-hydrogen) atoms. The molecule has 2 bridgehead atoms. The summed E-state index contributed by atoms with van der Waals surface area (Å²) in [5.74, 6) is 1.33. The Labute approximate surface area is 153 Å². The summed E-state index contributed by atoms with van der Waals surface area (Å²) in [5.41, 5.74) is 1.92. The number of aryl methyl sites for hydroxylation is 1. The monoisotopic (exact) mass is 351 g/mol. The molecule has 3 aliphatic heterocycles. The van der Waals surface area contributed by atoms with Crippen molar-refractivity contribution in [3.63, 3.8) is 0 Å². The first-order chi connectivity index (χ1) is 12.6. The lowest BCUT2D eigenvalue weighted by molar-refractivity contribution is -0.144. The highest BCUT2D eigenvalue weighted by molar-refractivity contribution is 5.98. The summed E-state index contributed by atoms with van der Waals surface area (Å²) in [6, 6.07) is 8.40. The summed E-state index contributed by atoms with van der Waals surface area (Å²) in [4.78, 5) is 29.6. The predicted molar refractivity (Wildman–Crippen MR) is 99.8 cm³/mol. The molecule has 0 unspecified atom stereocenters. The quantitative estimate of drug-likeness (QED) is 0.793. The molecule has 0 saturated carbocycles. The third-order valence-electron chi connectivity index (χ3n) is 6.60. The number of hydrogen-bond donors (Lipinski definition) is 0. The number of rotatable bonds is 1. The van der Waals surface area contributed by atoms with E-state index in [2.05, 4.69) is 15.5 Å². The number of amides is 2. The molecule has 5 heteroatoms. The minimum Gasteiger partial charge on any atom is -0.351 e. The number of hydrogen-bond acceptors (Lipinski definition) is 2. The highest BCUT2D eigenvalue weighted by Gasteiger charge is 2.44. The van der Waals surface area contributed by atoms with Gasteiger partial charge in [0.05, 0.1) is 0 Å². The molecule has 2 aromatic rings. The van der Waals surface area contributed by atoms with Crippen molar-refractivity contribution in [1.82, 2.24) is 14.4 Å². The number of carbonyl (C=O) groups is 2. The molecule has 3 saturated heterocycles. The molecule has 0 spiro atoms. The summed E-state index contributed by atoms with van der Waals surface area (Å²) in [6.45, 7) is 2.40. The van der Waals surface area contributed by atoms with Gasteiger partial charge in [-0.1, -0.05) is 0 Å². The van der Waals surface area contributed by atoms with E-state index in [-0.39, 0.29) is 5.91 Å².